The van der Waals surface area contributed by atoms with Crippen molar-refractivity contribution in [2.45, 2.75) is 40.0 Å². The summed E-state index contributed by atoms with van der Waals surface area (Å²) in [7, 11) is 0. The van der Waals surface area contributed by atoms with Gasteiger partial charge in [0.25, 0.3) is 5.91 Å². The van der Waals surface area contributed by atoms with Crippen LogP contribution in [0, 0.1) is 19.8 Å². The summed E-state index contributed by atoms with van der Waals surface area (Å²) in [6.45, 7) is 6.25. The number of hydrogen-bond donors (Lipinski definition) is 1. The Labute approximate surface area is 119 Å². The summed E-state index contributed by atoms with van der Waals surface area (Å²) < 4.78 is 0. The molecule has 2 heterocycles. The van der Waals surface area contributed by atoms with Crippen molar-refractivity contribution in [1.82, 2.24) is 9.97 Å². The second kappa shape index (κ2) is 6.09. The van der Waals surface area contributed by atoms with E-state index in [-0.39, 0.29) is 11.8 Å². The Kier molecular flexibility index (Phi) is 4.44. The van der Waals surface area contributed by atoms with Gasteiger partial charge in [-0.05, 0) is 33.2 Å². The molecule has 0 fully saturated rings. The van der Waals surface area contributed by atoms with Crippen molar-refractivity contribution in [2.75, 3.05) is 11.6 Å². The fourth-order valence-corrected chi connectivity index (χ4v) is 2.44. The molecule has 1 aliphatic rings. The smallest absolute Gasteiger partial charge is 0.257 e. The molecule has 108 valence electrons. The number of rotatable bonds is 5. The monoisotopic (exact) mass is 275 g/mol. The number of nitrogens with zero attached hydrogens (tertiary/aromatic N) is 4. The maximum Gasteiger partial charge on any atom is 0.257 e. The molecule has 1 amide bonds. The van der Waals surface area contributed by atoms with Crippen LogP contribution in [0.25, 0.3) is 0 Å². The maximum absolute atomic E-state index is 12.5. The zero-order chi connectivity index (χ0) is 14.7. The highest BCUT2D eigenvalue weighted by atomic mass is 16.2. The fourth-order valence-electron chi connectivity index (χ4n) is 2.44. The SMILES string of the molecule is CCCC1=NN(c2cc(C)nc(C)n2)C(=O)C1CCN. The lowest BCUT2D eigenvalue weighted by molar-refractivity contribution is -0.119. The van der Waals surface area contributed by atoms with E-state index in [9.17, 15) is 4.79 Å². The van der Waals surface area contributed by atoms with Gasteiger partial charge in [0.1, 0.15) is 5.82 Å². The summed E-state index contributed by atoms with van der Waals surface area (Å²) in [4.78, 5) is 21.0. The van der Waals surface area contributed by atoms with E-state index in [1.54, 1.807) is 6.07 Å². The molecule has 1 atom stereocenters. The maximum atomic E-state index is 12.5. The number of carbonyl (C=O) groups excluding carboxylic acids is 1. The molecule has 2 rings (SSSR count). The van der Waals surface area contributed by atoms with Gasteiger partial charge >= 0.3 is 0 Å². The first-order chi connectivity index (χ1) is 9.56. The van der Waals surface area contributed by atoms with Crippen molar-refractivity contribution in [3.05, 3.63) is 17.6 Å². The standard InChI is InChI=1S/C14H21N5O/c1-4-5-12-11(6-7-15)14(20)19(18-12)13-8-9(2)16-10(3)17-13/h8,11H,4-7,15H2,1-3H3. The molecular weight excluding hydrogens is 254 g/mol. The topological polar surface area (TPSA) is 84.5 Å². The third kappa shape index (κ3) is 2.85. The highest BCUT2D eigenvalue weighted by Gasteiger charge is 2.36. The summed E-state index contributed by atoms with van der Waals surface area (Å²) in [5, 5.41) is 5.88. The van der Waals surface area contributed by atoms with Gasteiger partial charge in [-0.1, -0.05) is 13.3 Å². The van der Waals surface area contributed by atoms with E-state index in [0.29, 0.717) is 24.6 Å². The van der Waals surface area contributed by atoms with Gasteiger partial charge in [0.2, 0.25) is 0 Å². The van der Waals surface area contributed by atoms with Crippen LogP contribution in [0.4, 0.5) is 5.82 Å². The lowest BCUT2D eigenvalue weighted by atomic mass is 9.96. The quantitative estimate of drug-likeness (QED) is 0.883. The first kappa shape index (κ1) is 14.6. The first-order valence-electron chi connectivity index (χ1n) is 7.00. The number of carbonyl (C=O) groups is 1. The Morgan fingerprint density at radius 3 is 2.70 bits per heavy atom. The lowest BCUT2D eigenvalue weighted by Gasteiger charge is -2.13. The van der Waals surface area contributed by atoms with Crippen LogP contribution in [-0.2, 0) is 4.79 Å². The van der Waals surface area contributed by atoms with Gasteiger partial charge in [-0.25, -0.2) is 9.97 Å². The minimum absolute atomic E-state index is 0.0311. The molecule has 0 aliphatic carbocycles. The molecule has 0 saturated carbocycles. The Hall–Kier alpha value is -1.82. The first-order valence-corrected chi connectivity index (χ1v) is 7.00. The number of aromatic nitrogens is 2. The molecule has 0 saturated heterocycles. The molecule has 6 nitrogen and oxygen atoms in total. The zero-order valence-electron chi connectivity index (χ0n) is 12.3. The summed E-state index contributed by atoms with van der Waals surface area (Å²) in [6, 6.07) is 1.78. The number of nitrogens with two attached hydrogens (primary N) is 1. The average Bonchev–Trinajstić information content (AvgIpc) is 2.67. The van der Waals surface area contributed by atoms with Crippen LogP contribution in [-0.4, -0.2) is 28.1 Å². The molecule has 6 heteroatoms. The molecule has 0 aromatic carbocycles. The van der Waals surface area contributed by atoms with E-state index >= 15 is 0 Å². The number of hydrazone groups is 1. The van der Waals surface area contributed by atoms with Gasteiger partial charge < -0.3 is 5.73 Å². The van der Waals surface area contributed by atoms with Crippen molar-refractivity contribution in [3.63, 3.8) is 0 Å². The minimum atomic E-state index is -0.199. The summed E-state index contributed by atoms with van der Waals surface area (Å²) >= 11 is 0. The van der Waals surface area contributed by atoms with E-state index in [1.165, 1.54) is 5.01 Å². The minimum Gasteiger partial charge on any atom is -0.330 e. The van der Waals surface area contributed by atoms with E-state index in [0.717, 1.165) is 24.2 Å². The second-order valence-electron chi connectivity index (χ2n) is 5.04. The van der Waals surface area contributed by atoms with E-state index in [2.05, 4.69) is 22.0 Å². The van der Waals surface area contributed by atoms with Gasteiger partial charge in [-0.15, -0.1) is 0 Å². The van der Waals surface area contributed by atoms with Crippen molar-refractivity contribution in [1.29, 1.82) is 0 Å². The molecule has 0 radical (unpaired) electrons. The summed E-state index contributed by atoms with van der Waals surface area (Å²) in [5.41, 5.74) is 7.35. The third-order valence-corrected chi connectivity index (χ3v) is 3.27. The van der Waals surface area contributed by atoms with Gasteiger partial charge in [-0.3, -0.25) is 4.79 Å². The summed E-state index contributed by atoms with van der Waals surface area (Å²) in [5.74, 6) is 0.961. The predicted octanol–water partition coefficient (Wildman–Crippen LogP) is 1.56. The molecule has 1 aliphatic heterocycles. The van der Waals surface area contributed by atoms with E-state index < -0.39 is 0 Å². The second-order valence-corrected chi connectivity index (χ2v) is 5.04. The number of anilines is 1. The Bertz CT molecular complexity index is 520. The highest BCUT2D eigenvalue weighted by Crippen LogP contribution is 2.26. The Morgan fingerprint density at radius 1 is 1.35 bits per heavy atom. The van der Waals surface area contributed by atoms with Crippen LogP contribution >= 0.6 is 0 Å². The lowest BCUT2D eigenvalue weighted by Crippen LogP contribution is -2.29. The van der Waals surface area contributed by atoms with Crippen molar-refractivity contribution < 1.29 is 4.79 Å². The predicted molar refractivity (Wildman–Crippen MR) is 78.5 cm³/mol. The van der Waals surface area contributed by atoms with Crippen LogP contribution < -0.4 is 10.7 Å². The van der Waals surface area contributed by atoms with Crippen molar-refractivity contribution in [2.24, 2.45) is 16.8 Å². The molecule has 20 heavy (non-hydrogen) atoms. The number of aryl methyl sites for hydroxylation is 2. The largest absolute Gasteiger partial charge is 0.330 e. The van der Waals surface area contributed by atoms with E-state index in [4.69, 9.17) is 5.73 Å². The molecule has 0 spiro atoms. The van der Waals surface area contributed by atoms with Crippen LogP contribution in [0.3, 0.4) is 0 Å². The van der Waals surface area contributed by atoms with Gasteiger partial charge in [0.05, 0.1) is 11.6 Å². The molecule has 0 bridgehead atoms. The molecule has 1 aromatic heterocycles. The van der Waals surface area contributed by atoms with E-state index in [1.807, 2.05) is 13.8 Å². The van der Waals surface area contributed by atoms with Gasteiger partial charge in [0, 0.05) is 11.8 Å². The molecule has 1 unspecified atom stereocenters. The van der Waals surface area contributed by atoms with Crippen LogP contribution in [0.1, 0.15) is 37.7 Å². The summed E-state index contributed by atoms with van der Waals surface area (Å²) in [6.07, 6.45) is 2.41. The van der Waals surface area contributed by atoms with Crippen LogP contribution in [0.15, 0.2) is 11.2 Å². The molecule has 1 aromatic rings. The van der Waals surface area contributed by atoms with Crippen molar-refractivity contribution >= 4 is 17.4 Å². The Morgan fingerprint density at radius 2 is 2.10 bits per heavy atom. The fraction of sp³-hybridized carbons (Fsp3) is 0.571. The number of hydrogen-bond acceptors (Lipinski definition) is 5. The molecule has 2 N–H and O–H groups in total. The van der Waals surface area contributed by atoms with Gasteiger partial charge in [0.15, 0.2) is 5.82 Å². The average molecular weight is 275 g/mol. The van der Waals surface area contributed by atoms with Crippen molar-refractivity contribution in [3.8, 4) is 0 Å². The van der Waals surface area contributed by atoms with Gasteiger partial charge in [-0.2, -0.15) is 10.1 Å². The molecular formula is C14H21N5O. The third-order valence-electron chi connectivity index (χ3n) is 3.27. The normalized spacial score (nSPS) is 18.6. The van der Waals surface area contributed by atoms with Crippen LogP contribution in [0.5, 0.6) is 0 Å². The highest BCUT2D eigenvalue weighted by molar-refractivity contribution is 6.15. The Balaban J connectivity index is 2.34. The zero-order valence-corrected chi connectivity index (χ0v) is 12.3. The van der Waals surface area contributed by atoms with Crippen LogP contribution in [0.2, 0.25) is 0 Å². The number of amides is 1.